The summed E-state index contributed by atoms with van der Waals surface area (Å²) in [4.78, 5) is 16.0. The second-order valence-corrected chi connectivity index (χ2v) is 5.41. The van der Waals surface area contributed by atoms with Crippen LogP contribution in [0.15, 0.2) is 30.3 Å². The zero-order chi connectivity index (χ0) is 17.0. The number of benzene rings is 1. The van der Waals surface area contributed by atoms with E-state index in [1.54, 1.807) is 51.1 Å². The number of hydrogen-bond donors (Lipinski definition) is 0. The van der Waals surface area contributed by atoms with Gasteiger partial charge in [-0.1, -0.05) is 0 Å². The van der Waals surface area contributed by atoms with E-state index in [2.05, 4.69) is 11.1 Å². The first-order valence-corrected chi connectivity index (χ1v) is 7.28. The Kier molecular flexibility index (Phi) is 4.97. The Hall–Kier alpha value is -2.87. The molecule has 0 saturated heterocycles. The number of nitrogens with zero attached hydrogens (tertiary/aromatic N) is 2. The van der Waals surface area contributed by atoms with E-state index in [0.29, 0.717) is 28.3 Å². The predicted octanol–water partition coefficient (Wildman–Crippen LogP) is 3.93. The molecule has 0 amide bonds. The highest BCUT2D eigenvalue weighted by Gasteiger charge is 2.12. The molecule has 118 valence electrons. The van der Waals surface area contributed by atoms with Crippen LogP contribution in [0.25, 0.3) is 0 Å². The lowest BCUT2D eigenvalue weighted by atomic mass is 10.1. The molecule has 23 heavy (non-hydrogen) atoms. The summed E-state index contributed by atoms with van der Waals surface area (Å²) in [7, 11) is 0. The molecule has 2 rings (SSSR count). The first-order valence-electron chi connectivity index (χ1n) is 7.28. The fourth-order valence-corrected chi connectivity index (χ4v) is 2.08. The molecule has 0 radical (unpaired) electrons. The highest BCUT2D eigenvalue weighted by atomic mass is 16.5. The van der Waals surface area contributed by atoms with E-state index < -0.39 is 0 Å². The molecule has 0 aliphatic rings. The van der Waals surface area contributed by atoms with Gasteiger partial charge in [0.25, 0.3) is 0 Å². The molecule has 0 atom stereocenters. The second kappa shape index (κ2) is 6.93. The monoisotopic (exact) mass is 310 g/mol. The van der Waals surface area contributed by atoms with Crippen LogP contribution in [0.3, 0.4) is 0 Å². The molecule has 0 spiro atoms. The van der Waals surface area contributed by atoms with Crippen molar-refractivity contribution in [1.82, 2.24) is 4.98 Å². The number of aryl methyl sites for hydroxylation is 2. The maximum atomic E-state index is 11.8. The lowest BCUT2D eigenvalue weighted by Crippen LogP contribution is -2.11. The average molecular weight is 310 g/mol. The lowest BCUT2D eigenvalue weighted by molar-refractivity contribution is 0.0378. The van der Waals surface area contributed by atoms with Crippen molar-refractivity contribution < 1.29 is 14.3 Å². The molecule has 2 aromatic rings. The molecule has 0 N–H and O–H groups in total. The number of carbonyl (C=O) groups excluding carboxylic acids is 1. The summed E-state index contributed by atoms with van der Waals surface area (Å²) in [6.07, 6.45) is -0.167. The highest BCUT2D eigenvalue weighted by Crippen LogP contribution is 2.27. The average Bonchev–Trinajstić information content (AvgIpc) is 2.47. The van der Waals surface area contributed by atoms with Gasteiger partial charge in [-0.05, 0) is 52.0 Å². The van der Waals surface area contributed by atoms with Crippen LogP contribution in [0.1, 0.15) is 41.2 Å². The molecule has 1 heterocycles. The van der Waals surface area contributed by atoms with Gasteiger partial charge in [0.2, 0.25) is 0 Å². The van der Waals surface area contributed by atoms with Crippen LogP contribution in [0.4, 0.5) is 0 Å². The maximum Gasteiger partial charge on any atom is 0.338 e. The highest BCUT2D eigenvalue weighted by molar-refractivity contribution is 5.89. The van der Waals surface area contributed by atoms with Crippen LogP contribution < -0.4 is 4.74 Å². The standard InChI is InChI=1S/C18H18N2O3/c1-11(2)22-18(21)14-5-7-15(8-6-14)23-17-9-12(3)20-13(4)16(17)10-19/h5-9,11H,1-4H3. The molecule has 5 heteroatoms. The molecule has 0 saturated carbocycles. The fourth-order valence-electron chi connectivity index (χ4n) is 2.08. The summed E-state index contributed by atoms with van der Waals surface area (Å²) in [5.74, 6) is 0.613. The van der Waals surface area contributed by atoms with Gasteiger partial charge >= 0.3 is 5.97 Å². The Labute approximate surface area is 135 Å². The van der Waals surface area contributed by atoms with Crippen LogP contribution in [0.5, 0.6) is 11.5 Å². The molecule has 0 fully saturated rings. The number of esters is 1. The number of nitriles is 1. The van der Waals surface area contributed by atoms with Crippen LogP contribution in [0.2, 0.25) is 0 Å². The molecule has 0 bridgehead atoms. The van der Waals surface area contributed by atoms with Crippen LogP contribution in [-0.4, -0.2) is 17.1 Å². The Morgan fingerprint density at radius 3 is 2.43 bits per heavy atom. The molecule has 5 nitrogen and oxygen atoms in total. The summed E-state index contributed by atoms with van der Waals surface area (Å²) in [5, 5.41) is 9.24. The van der Waals surface area contributed by atoms with Crippen molar-refractivity contribution in [3.63, 3.8) is 0 Å². The van der Waals surface area contributed by atoms with Gasteiger partial charge in [-0.15, -0.1) is 0 Å². The van der Waals surface area contributed by atoms with E-state index in [-0.39, 0.29) is 12.1 Å². The predicted molar refractivity (Wildman–Crippen MR) is 85.5 cm³/mol. The Morgan fingerprint density at radius 2 is 1.87 bits per heavy atom. The number of rotatable bonds is 4. The van der Waals surface area contributed by atoms with Crippen LogP contribution in [-0.2, 0) is 4.74 Å². The van der Waals surface area contributed by atoms with E-state index in [0.717, 1.165) is 5.69 Å². The molecule has 1 aromatic carbocycles. The summed E-state index contributed by atoms with van der Waals surface area (Å²) in [5.41, 5.74) is 2.25. The molecule has 1 aromatic heterocycles. The third-order valence-electron chi connectivity index (χ3n) is 3.06. The minimum atomic E-state index is -0.375. The van der Waals surface area contributed by atoms with Crippen molar-refractivity contribution in [3.05, 3.63) is 52.8 Å². The van der Waals surface area contributed by atoms with Gasteiger partial charge in [0.05, 0.1) is 17.4 Å². The van der Waals surface area contributed by atoms with E-state index >= 15 is 0 Å². The van der Waals surface area contributed by atoms with Crippen molar-refractivity contribution in [2.75, 3.05) is 0 Å². The number of aromatic nitrogens is 1. The number of hydrogen-bond acceptors (Lipinski definition) is 5. The number of ether oxygens (including phenoxy) is 2. The minimum absolute atomic E-state index is 0.167. The van der Waals surface area contributed by atoms with Crippen molar-refractivity contribution in [1.29, 1.82) is 5.26 Å². The summed E-state index contributed by atoms with van der Waals surface area (Å²) >= 11 is 0. The normalized spacial score (nSPS) is 10.3. The molecule has 0 aliphatic heterocycles. The van der Waals surface area contributed by atoms with E-state index in [1.165, 1.54) is 0 Å². The number of pyridine rings is 1. The Bertz CT molecular complexity index is 759. The smallest absolute Gasteiger partial charge is 0.338 e. The fraction of sp³-hybridized carbons (Fsp3) is 0.278. The van der Waals surface area contributed by atoms with Gasteiger partial charge in [-0.2, -0.15) is 5.26 Å². The third kappa shape index (κ3) is 4.07. The second-order valence-electron chi connectivity index (χ2n) is 5.41. The minimum Gasteiger partial charge on any atom is -0.459 e. The molecular formula is C18H18N2O3. The Balaban J connectivity index is 2.22. The maximum absolute atomic E-state index is 11.8. The topological polar surface area (TPSA) is 72.2 Å². The first-order chi connectivity index (χ1) is 10.9. The van der Waals surface area contributed by atoms with Gasteiger partial charge in [0.1, 0.15) is 23.1 Å². The Morgan fingerprint density at radius 1 is 1.22 bits per heavy atom. The quantitative estimate of drug-likeness (QED) is 0.800. The third-order valence-corrected chi connectivity index (χ3v) is 3.06. The van der Waals surface area contributed by atoms with E-state index in [4.69, 9.17) is 9.47 Å². The van der Waals surface area contributed by atoms with E-state index in [9.17, 15) is 10.1 Å². The largest absolute Gasteiger partial charge is 0.459 e. The first kappa shape index (κ1) is 16.5. The number of carbonyl (C=O) groups is 1. The lowest BCUT2D eigenvalue weighted by Gasteiger charge is -2.11. The van der Waals surface area contributed by atoms with E-state index in [1.807, 2.05) is 6.92 Å². The van der Waals surface area contributed by atoms with Gasteiger partial charge in [-0.25, -0.2) is 4.79 Å². The van der Waals surface area contributed by atoms with Crippen LogP contribution in [0, 0.1) is 25.2 Å². The van der Waals surface area contributed by atoms with Gasteiger partial charge < -0.3 is 9.47 Å². The van der Waals surface area contributed by atoms with Crippen molar-refractivity contribution in [2.24, 2.45) is 0 Å². The van der Waals surface area contributed by atoms with Gasteiger partial charge in [-0.3, -0.25) is 4.98 Å². The van der Waals surface area contributed by atoms with Gasteiger partial charge in [0, 0.05) is 11.8 Å². The summed E-state index contributed by atoms with van der Waals surface area (Å²) < 4.78 is 10.9. The van der Waals surface area contributed by atoms with Crippen LogP contribution >= 0.6 is 0 Å². The molecular weight excluding hydrogens is 292 g/mol. The molecule has 0 aliphatic carbocycles. The SMILES string of the molecule is Cc1cc(Oc2ccc(C(=O)OC(C)C)cc2)c(C#N)c(C)n1. The van der Waals surface area contributed by atoms with Crippen molar-refractivity contribution in [2.45, 2.75) is 33.8 Å². The summed E-state index contributed by atoms with van der Waals surface area (Å²) in [6, 6.07) is 10.4. The van der Waals surface area contributed by atoms with Gasteiger partial charge in [0.15, 0.2) is 0 Å². The summed E-state index contributed by atoms with van der Waals surface area (Å²) in [6.45, 7) is 7.20. The van der Waals surface area contributed by atoms with Crippen molar-refractivity contribution >= 4 is 5.97 Å². The molecule has 0 unspecified atom stereocenters. The van der Waals surface area contributed by atoms with Crippen molar-refractivity contribution in [3.8, 4) is 17.6 Å². The zero-order valence-electron chi connectivity index (χ0n) is 13.6. The zero-order valence-corrected chi connectivity index (χ0v) is 13.6.